The Bertz CT molecular complexity index is 684. The summed E-state index contributed by atoms with van der Waals surface area (Å²) in [6.07, 6.45) is 5.73. The average Bonchev–Trinajstić information content (AvgIpc) is 2.88. The van der Waals surface area contributed by atoms with E-state index >= 15 is 0 Å². The second kappa shape index (κ2) is 5.73. The molecule has 0 saturated heterocycles. The van der Waals surface area contributed by atoms with Crippen molar-refractivity contribution < 1.29 is 24.9 Å². The van der Waals surface area contributed by atoms with Gasteiger partial charge in [-0.15, -0.1) is 0 Å². The van der Waals surface area contributed by atoms with Crippen molar-refractivity contribution in [3.63, 3.8) is 0 Å². The zero-order valence-electron chi connectivity index (χ0n) is 15.7. The number of carbonyl (C=O) groups is 2. The summed E-state index contributed by atoms with van der Waals surface area (Å²) in [5.74, 6) is 0.0430. The van der Waals surface area contributed by atoms with Crippen molar-refractivity contribution in [3.05, 3.63) is 11.6 Å². The van der Waals surface area contributed by atoms with Crippen LogP contribution in [0, 0.1) is 28.6 Å². The molecule has 0 heterocycles. The lowest BCUT2D eigenvalue weighted by Gasteiger charge is -2.60. The molecule has 1 unspecified atom stereocenters. The van der Waals surface area contributed by atoms with Crippen molar-refractivity contribution in [1.29, 1.82) is 0 Å². The van der Waals surface area contributed by atoms with Crippen molar-refractivity contribution in [2.24, 2.45) is 28.6 Å². The van der Waals surface area contributed by atoms with Crippen LogP contribution in [-0.2, 0) is 9.59 Å². The van der Waals surface area contributed by atoms with E-state index in [2.05, 4.69) is 6.92 Å². The minimum absolute atomic E-state index is 0.0321. The summed E-state index contributed by atoms with van der Waals surface area (Å²) < 4.78 is 0. The van der Waals surface area contributed by atoms with E-state index in [0.717, 1.165) is 18.4 Å². The largest absolute Gasteiger partial charge is 0.392 e. The summed E-state index contributed by atoms with van der Waals surface area (Å²) >= 11 is 0. The summed E-state index contributed by atoms with van der Waals surface area (Å²) in [4.78, 5) is 24.3. The van der Waals surface area contributed by atoms with E-state index in [1.165, 1.54) is 0 Å². The first-order valence-corrected chi connectivity index (χ1v) is 9.96. The Morgan fingerprint density at radius 1 is 1.19 bits per heavy atom. The molecule has 3 N–H and O–H groups in total. The minimum atomic E-state index is -1.49. The number of hydrogen-bond acceptors (Lipinski definition) is 5. The number of rotatable bonds is 2. The van der Waals surface area contributed by atoms with Gasteiger partial charge in [0.1, 0.15) is 12.2 Å². The van der Waals surface area contributed by atoms with Crippen molar-refractivity contribution in [2.45, 2.75) is 70.5 Å². The van der Waals surface area contributed by atoms with Gasteiger partial charge in [0.2, 0.25) is 0 Å². The standard InChI is InChI=1S/C21H30O5/c1-19-6-3-13(23)9-12(19)10-16(24)18-14(19)4-7-20(2)15(18)5-8-21(20,26)17(25)11-22/h9,14-16,18,22,24,26H,3-8,10-11H2,1-2H3/t14-,15-,16?,18+,19-,20-,21-/m0/s1. The normalized spacial score (nSPS) is 50.5. The second-order valence-corrected chi connectivity index (χ2v) is 9.55. The molecular formula is C21H30O5. The molecule has 5 heteroatoms. The first-order chi connectivity index (χ1) is 12.2. The van der Waals surface area contributed by atoms with Gasteiger partial charge in [0.25, 0.3) is 0 Å². The Morgan fingerprint density at radius 2 is 1.88 bits per heavy atom. The fraction of sp³-hybridized carbons (Fsp3) is 0.810. The van der Waals surface area contributed by atoms with E-state index in [1.807, 2.05) is 6.92 Å². The maximum Gasteiger partial charge on any atom is 0.190 e. The van der Waals surface area contributed by atoms with Crippen LogP contribution < -0.4 is 0 Å². The molecule has 4 rings (SSSR count). The third-order valence-electron chi connectivity index (χ3n) is 8.74. The van der Waals surface area contributed by atoms with Gasteiger partial charge in [0.15, 0.2) is 11.6 Å². The molecule has 7 atom stereocenters. The molecule has 3 fully saturated rings. The maximum absolute atomic E-state index is 12.4. The lowest BCUT2D eigenvalue weighted by molar-refractivity contribution is -0.172. The lowest BCUT2D eigenvalue weighted by Crippen LogP contribution is -2.60. The Kier molecular flexibility index (Phi) is 4.04. The first kappa shape index (κ1) is 18.3. The van der Waals surface area contributed by atoms with Crippen molar-refractivity contribution >= 4 is 11.6 Å². The molecule has 0 aromatic carbocycles. The maximum atomic E-state index is 12.4. The zero-order chi connectivity index (χ0) is 18.9. The van der Waals surface area contributed by atoms with Gasteiger partial charge in [-0.2, -0.15) is 0 Å². The van der Waals surface area contributed by atoms with Gasteiger partial charge >= 0.3 is 0 Å². The highest BCUT2D eigenvalue weighted by molar-refractivity contribution is 5.91. The van der Waals surface area contributed by atoms with Crippen molar-refractivity contribution in [3.8, 4) is 0 Å². The molecule has 4 aliphatic carbocycles. The van der Waals surface area contributed by atoms with Crippen LogP contribution in [0.5, 0.6) is 0 Å². The summed E-state index contributed by atoms with van der Waals surface area (Å²) in [5.41, 5.74) is -1.07. The van der Waals surface area contributed by atoms with E-state index in [0.29, 0.717) is 32.1 Å². The van der Waals surface area contributed by atoms with Crippen LogP contribution in [0.4, 0.5) is 0 Å². The number of hydrogen-bond donors (Lipinski definition) is 3. The highest BCUT2D eigenvalue weighted by atomic mass is 16.3. The van der Waals surface area contributed by atoms with E-state index in [1.54, 1.807) is 6.08 Å². The van der Waals surface area contributed by atoms with Crippen LogP contribution in [0.3, 0.4) is 0 Å². The van der Waals surface area contributed by atoms with Gasteiger partial charge in [-0.25, -0.2) is 0 Å². The van der Waals surface area contributed by atoms with Gasteiger partial charge in [0.05, 0.1) is 6.10 Å². The molecule has 0 spiro atoms. The number of aliphatic hydroxyl groups is 3. The highest BCUT2D eigenvalue weighted by Gasteiger charge is 2.67. The SMILES string of the molecule is C[C@]12CCC(=O)C=C1CC(O)[C@@H]1[C@@H]2CC[C@@]2(C)[C@H]1CC[C@]2(O)C(=O)CO. The molecule has 144 valence electrons. The lowest BCUT2D eigenvalue weighted by atomic mass is 9.45. The molecule has 0 bridgehead atoms. The predicted octanol–water partition coefficient (Wildman–Crippen LogP) is 1.78. The Morgan fingerprint density at radius 3 is 2.58 bits per heavy atom. The first-order valence-electron chi connectivity index (χ1n) is 9.96. The topological polar surface area (TPSA) is 94.8 Å². The van der Waals surface area contributed by atoms with Gasteiger partial charge in [-0.3, -0.25) is 9.59 Å². The quantitative estimate of drug-likeness (QED) is 0.696. The van der Waals surface area contributed by atoms with Gasteiger partial charge < -0.3 is 15.3 Å². The van der Waals surface area contributed by atoms with Crippen molar-refractivity contribution in [1.82, 2.24) is 0 Å². The molecule has 4 aliphatic rings. The van der Waals surface area contributed by atoms with Crippen LogP contribution in [0.15, 0.2) is 11.6 Å². The summed E-state index contributed by atoms with van der Waals surface area (Å²) in [6.45, 7) is 3.57. The fourth-order valence-electron chi connectivity index (χ4n) is 7.13. The monoisotopic (exact) mass is 362 g/mol. The molecule has 0 aromatic rings. The Balaban J connectivity index is 1.73. The van der Waals surface area contributed by atoms with Gasteiger partial charge in [-0.1, -0.05) is 19.4 Å². The van der Waals surface area contributed by atoms with Crippen LogP contribution >= 0.6 is 0 Å². The van der Waals surface area contributed by atoms with Crippen LogP contribution in [0.2, 0.25) is 0 Å². The van der Waals surface area contributed by atoms with Crippen molar-refractivity contribution in [2.75, 3.05) is 6.61 Å². The molecule has 0 amide bonds. The second-order valence-electron chi connectivity index (χ2n) is 9.55. The van der Waals surface area contributed by atoms with E-state index in [-0.39, 0.29) is 29.0 Å². The number of aliphatic hydroxyl groups excluding tert-OH is 2. The molecule has 0 radical (unpaired) electrons. The number of carbonyl (C=O) groups excluding carboxylic acids is 2. The molecule has 3 saturated carbocycles. The fourth-order valence-corrected chi connectivity index (χ4v) is 7.13. The molecule has 0 aliphatic heterocycles. The van der Waals surface area contributed by atoms with E-state index < -0.39 is 29.5 Å². The summed E-state index contributed by atoms with van der Waals surface area (Å²) in [5, 5.41) is 31.5. The van der Waals surface area contributed by atoms with Crippen LogP contribution in [0.25, 0.3) is 0 Å². The Labute approximate surface area is 154 Å². The summed E-state index contributed by atoms with van der Waals surface area (Å²) in [6, 6.07) is 0. The summed E-state index contributed by atoms with van der Waals surface area (Å²) in [7, 11) is 0. The van der Waals surface area contributed by atoms with Crippen LogP contribution in [0.1, 0.15) is 58.8 Å². The molecule has 5 nitrogen and oxygen atoms in total. The van der Waals surface area contributed by atoms with E-state index in [4.69, 9.17) is 0 Å². The number of ketones is 2. The predicted molar refractivity (Wildman–Crippen MR) is 95.1 cm³/mol. The zero-order valence-corrected chi connectivity index (χ0v) is 15.7. The molecule has 0 aromatic heterocycles. The van der Waals surface area contributed by atoms with Gasteiger partial charge in [-0.05, 0) is 67.8 Å². The minimum Gasteiger partial charge on any atom is -0.392 e. The number of fused-ring (bicyclic) bond motifs is 5. The third-order valence-corrected chi connectivity index (χ3v) is 8.74. The van der Waals surface area contributed by atoms with E-state index in [9.17, 15) is 24.9 Å². The smallest absolute Gasteiger partial charge is 0.190 e. The average molecular weight is 362 g/mol. The Hall–Kier alpha value is -1.04. The third kappa shape index (κ3) is 2.14. The number of Topliss-reactive ketones (excluding diaryl/α,β-unsaturated/α-hetero) is 1. The molecular weight excluding hydrogens is 332 g/mol. The molecule has 26 heavy (non-hydrogen) atoms. The van der Waals surface area contributed by atoms with Gasteiger partial charge in [0, 0.05) is 11.8 Å². The van der Waals surface area contributed by atoms with Crippen LogP contribution in [-0.4, -0.2) is 45.2 Å². The highest BCUT2D eigenvalue weighted by Crippen LogP contribution is 2.67.